The number of aromatic nitrogens is 1. The third-order valence-electron chi connectivity index (χ3n) is 2.81. The van der Waals surface area contributed by atoms with Crippen molar-refractivity contribution in [2.45, 2.75) is 19.4 Å². The van der Waals surface area contributed by atoms with Gasteiger partial charge in [0, 0.05) is 5.38 Å². The van der Waals surface area contributed by atoms with Crippen molar-refractivity contribution in [1.82, 2.24) is 4.98 Å². The summed E-state index contributed by atoms with van der Waals surface area (Å²) in [4.78, 5) is 15.5. The number of benzene rings is 1. The number of esters is 1. The van der Waals surface area contributed by atoms with Gasteiger partial charge in [0.1, 0.15) is 5.82 Å². The van der Waals surface area contributed by atoms with Crippen LogP contribution in [0.15, 0.2) is 29.6 Å². The quantitative estimate of drug-likeness (QED) is 0.861. The van der Waals surface area contributed by atoms with Crippen LogP contribution in [-0.2, 0) is 16.0 Å². The molecule has 0 radical (unpaired) electrons. The summed E-state index contributed by atoms with van der Waals surface area (Å²) in [6, 6.07) is 6.33. The molecular weight excluding hydrogens is 279 g/mol. The van der Waals surface area contributed by atoms with E-state index in [-0.39, 0.29) is 24.2 Å². The van der Waals surface area contributed by atoms with Crippen LogP contribution >= 0.6 is 11.3 Å². The normalized spacial score (nSPS) is 11.9. The fourth-order valence-electron chi connectivity index (χ4n) is 1.69. The lowest BCUT2D eigenvalue weighted by Gasteiger charge is -2.13. The Bertz CT molecular complexity index is 583. The topological polar surface area (TPSA) is 51.2 Å². The Labute approximate surface area is 120 Å². The molecule has 20 heavy (non-hydrogen) atoms. The summed E-state index contributed by atoms with van der Waals surface area (Å²) in [7, 11) is 1.35. The molecule has 0 fully saturated rings. The van der Waals surface area contributed by atoms with Crippen LogP contribution in [0, 0.1) is 5.82 Å². The molecule has 1 aromatic carbocycles. The molecule has 0 amide bonds. The second kappa shape index (κ2) is 6.47. The number of carbonyl (C=O) groups is 1. The van der Waals surface area contributed by atoms with Crippen molar-refractivity contribution in [2.24, 2.45) is 0 Å². The Kier molecular flexibility index (Phi) is 4.68. The average Bonchev–Trinajstić information content (AvgIpc) is 2.86. The summed E-state index contributed by atoms with van der Waals surface area (Å²) in [5.74, 6) is -0.566. The molecule has 0 spiro atoms. The summed E-state index contributed by atoms with van der Waals surface area (Å²) in [6.07, 6.45) is 0.166. The molecule has 1 atom stereocenters. The minimum Gasteiger partial charge on any atom is -0.469 e. The van der Waals surface area contributed by atoms with Crippen molar-refractivity contribution in [3.8, 4) is 0 Å². The number of ether oxygens (including phenoxy) is 1. The number of halogens is 1. The lowest BCUT2D eigenvalue weighted by atomic mass is 10.1. The predicted molar refractivity (Wildman–Crippen MR) is 76.3 cm³/mol. The third-order valence-corrected chi connectivity index (χ3v) is 3.64. The maximum absolute atomic E-state index is 12.9. The van der Waals surface area contributed by atoms with Gasteiger partial charge in [-0.1, -0.05) is 12.1 Å². The van der Waals surface area contributed by atoms with Crippen LogP contribution in [-0.4, -0.2) is 18.1 Å². The third kappa shape index (κ3) is 3.77. The van der Waals surface area contributed by atoms with Crippen molar-refractivity contribution < 1.29 is 13.9 Å². The Morgan fingerprint density at radius 2 is 2.15 bits per heavy atom. The van der Waals surface area contributed by atoms with E-state index in [1.54, 1.807) is 12.1 Å². The van der Waals surface area contributed by atoms with Crippen LogP contribution in [0.4, 0.5) is 9.52 Å². The van der Waals surface area contributed by atoms with E-state index in [0.717, 1.165) is 10.7 Å². The fourth-order valence-corrected chi connectivity index (χ4v) is 2.49. The molecule has 6 heteroatoms. The molecule has 2 aromatic rings. The monoisotopic (exact) mass is 294 g/mol. The Morgan fingerprint density at radius 1 is 1.45 bits per heavy atom. The summed E-state index contributed by atoms with van der Waals surface area (Å²) in [5, 5.41) is 5.76. The molecule has 1 N–H and O–H groups in total. The van der Waals surface area contributed by atoms with Gasteiger partial charge in [0.15, 0.2) is 5.13 Å². The van der Waals surface area contributed by atoms with E-state index in [1.807, 2.05) is 12.3 Å². The highest BCUT2D eigenvalue weighted by Gasteiger charge is 2.10. The van der Waals surface area contributed by atoms with Gasteiger partial charge in [-0.05, 0) is 24.6 Å². The largest absolute Gasteiger partial charge is 0.469 e. The van der Waals surface area contributed by atoms with Gasteiger partial charge in [0.25, 0.3) is 0 Å². The van der Waals surface area contributed by atoms with Crippen LogP contribution in [0.5, 0.6) is 0 Å². The van der Waals surface area contributed by atoms with Gasteiger partial charge in [-0.2, -0.15) is 0 Å². The van der Waals surface area contributed by atoms with Crippen LogP contribution < -0.4 is 5.32 Å². The molecule has 1 unspecified atom stereocenters. The van der Waals surface area contributed by atoms with Crippen molar-refractivity contribution in [1.29, 1.82) is 0 Å². The summed E-state index contributed by atoms with van der Waals surface area (Å²) >= 11 is 1.42. The van der Waals surface area contributed by atoms with Gasteiger partial charge < -0.3 is 10.1 Å². The van der Waals surface area contributed by atoms with Crippen molar-refractivity contribution in [3.63, 3.8) is 0 Å². The number of methoxy groups -OCH3 is 1. The second-order valence-corrected chi connectivity index (χ2v) is 5.17. The standard InChI is InChI=1S/C14H15FN2O2S/c1-9(10-3-5-11(15)6-4-10)16-14-17-12(8-20-14)7-13(18)19-2/h3-6,8-9H,7H2,1-2H3,(H,16,17). The van der Waals surface area contributed by atoms with Crippen molar-refractivity contribution in [3.05, 3.63) is 46.7 Å². The molecule has 0 bridgehead atoms. The first-order valence-electron chi connectivity index (χ1n) is 6.11. The number of hydrogen-bond donors (Lipinski definition) is 1. The average molecular weight is 294 g/mol. The zero-order chi connectivity index (χ0) is 14.5. The van der Waals surface area contributed by atoms with Crippen LogP contribution in [0.25, 0.3) is 0 Å². The molecule has 1 heterocycles. The van der Waals surface area contributed by atoms with Crippen molar-refractivity contribution in [2.75, 3.05) is 12.4 Å². The summed E-state index contributed by atoms with van der Waals surface area (Å²) < 4.78 is 17.5. The first-order chi connectivity index (χ1) is 9.58. The number of nitrogens with one attached hydrogen (secondary N) is 1. The maximum Gasteiger partial charge on any atom is 0.311 e. The molecule has 2 rings (SSSR count). The maximum atomic E-state index is 12.9. The summed E-state index contributed by atoms with van der Waals surface area (Å²) in [6.45, 7) is 1.97. The smallest absolute Gasteiger partial charge is 0.311 e. The minimum absolute atomic E-state index is 0.00715. The Hall–Kier alpha value is -1.95. The number of carbonyl (C=O) groups excluding carboxylic acids is 1. The van der Waals surface area contributed by atoms with Gasteiger partial charge in [-0.3, -0.25) is 4.79 Å². The minimum atomic E-state index is -0.312. The lowest BCUT2D eigenvalue weighted by molar-refractivity contribution is -0.139. The molecule has 0 aliphatic rings. The van der Waals surface area contributed by atoms with E-state index in [2.05, 4.69) is 15.0 Å². The molecule has 0 saturated carbocycles. The van der Waals surface area contributed by atoms with E-state index in [1.165, 1.54) is 30.6 Å². The lowest BCUT2D eigenvalue weighted by Crippen LogP contribution is -2.07. The zero-order valence-electron chi connectivity index (χ0n) is 11.2. The highest BCUT2D eigenvalue weighted by atomic mass is 32.1. The first-order valence-corrected chi connectivity index (χ1v) is 6.99. The molecule has 0 saturated heterocycles. The number of rotatable bonds is 5. The van der Waals surface area contributed by atoms with E-state index >= 15 is 0 Å². The van der Waals surface area contributed by atoms with Gasteiger partial charge in [-0.25, -0.2) is 9.37 Å². The van der Waals surface area contributed by atoms with E-state index < -0.39 is 0 Å². The van der Waals surface area contributed by atoms with Gasteiger partial charge in [0.2, 0.25) is 0 Å². The molecule has 4 nitrogen and oxygen atoms in total. The van der Waals surface area contributed by atoms with Crippen LogP contribution in [0.2, 0.25) is 0 Å². The predicted octanol–water partition coefficient (Wildman–Crippen LogP) is 3.17. The van der Waals surface area contributed by atoms with Crippen LogP contribution in [0.3, 0.4) is 0 Å². The van der Waals surface area contributed by atoms with E-state index in [0.29, 0.717) is 5.69 Å². The molecule has 106 valence electrons. The van der Waals surface area contributed by atoms with Crippen LogP contribution in [0.1, 0.15) is 24.2 Å². The highest BCUT2D eigenvalue weighted by Crippen LogP contribution is 2.22. The number of hydrogen-bond acceptors (Lipinski definition) is 5. The summed E-state index contributed by atoms with van der Waals surface area (Å²) in [5.41, 5.74) is 1.65. The highest BCUT2D eigenvalue weighted by molar-refractivity contribution is 7.13. The molecular formula is C14H15FN2O2S. The van der Waals surface area contributed by atoms with Gasteiger partial charge in [-0.15, -0.1) is 11.3 Å². The Balaban J connectivity index is 1.99. The fraction of sp³-hybridized carbons (Fsp3) is 0.286. The number of thiazole rings is 1. The van der Waals surface area contributed by atoms with Gasteiger partial charge in [0.05, 0.1) is 25.3 Å². The molecule has 1 aromatic heterocycles. The molecule has 0 aliphatic heterocycles. The van der Waals surface area contributed by atoms with Gasteiger partial charge >= 0.3 is 5.97 Å². The number of anilines is 1. The molecule has 0 aliphatic carbocycles. The van der Waals surface area contributed by atoms with E-state index in [9.17, 15) is 9.18 Å². The van der Waals surface area contributed by atoms with E-state index in [4.69, 9.17) is 0 Å². The second-order valence-electron chi connectivity index (χ2n) is 4.31. The number of nitrogens with zero attached hydrogens (tertiary/aromatic N) is 1. The Morgan fingerprint density at radius 3 is 2.80 bits per heavy atom. The first kappa shape index (κ1) is 14.5. The zero-order valence-corrected chi connectivity index (χ0v) is 12.0. The van der Waals surface area contributed by atoms with Crippen molar-refractivity contribution >= 4 is 22.4 Å². The SMILES string of the molecule is COC(=O)Cc1csc(NC(C)c2ccc(F)cc2)n1.